The minimum absolute atomic E-state index is 0.109. The molecular weight excluding hydrogens is 418 g/mol. The zero-order valence-corrected chi connectivity index (χ0v) is 19.3. The molecule has 0 radical (unpaired) electrons. The first kappa shape index (κ1) is 23.6. The molecule has 33 heavy (non-hydrogen) atoms. The maximum atomic E-state index is 11.8. The van der Waals surface area contributed by atoms with E-state index in [0.717, 1.165) is 11.4 Å². The summed E-state index contributed by atoms with van der Waals surface area (Å²) in [6, 6.07) is 19.6. The van der Waals surface area contributed by atoms with Gasteiger partial charge in [-0.2, -0.15) is 15.0 Å². The van der Waals surface area contributed by atoms with Gasteiger partial charge in [-0.05, 0) is 38.1 Å². The normalized spacial score (nSPS) is 11.4. The summed E-state index contributed by atoms with van der Waals surface area (Å²) in [6.45, 7) is 8.67. The molecule has 0 bridgehead atoms. The summed E-state index contributed by atoms with van der Waals surface area (Å²) in [5.74, 6) is -0.00460. The zero-order chi connectivity index (χ0) is 23.8. The molecule has 0 fully saturated rings. The first-order valence-electron chi connectivity index (χ1n) is 10.9. The Bertz CT molecular complexity index is 1020. The monoisotopic (exact) mass is 447 g/mol. The SMILES string of the molecule is CCN(c1ccccc1)c1nc(/C(N)=N/OC(=O)C(C)C)nc(N(CC)c2ccccc2)n1. The van der Waals surface area contributed by atoms with Crippen molar-refractivity contribution in [2.24, 2.45) is 16.8 Å². The standard InChI is InChI=1S/C24H29N7O2/c1-5-30(18-13-9-7-10-14-18)23-26-21(20(25)29-33-22(32)17(3)4)27-24(28-23)31(6-2)19-15-11-8-12-16-19/h7-17H,5-6H2,1-4H3,(H2,25,29). The fraction of sp³-hybridized carbons (Fsp3) is 0.292. The topological polar surface area (TPSA) is 110 Å². The number of aromatic nitrogens is 3. The van der Waals surface area contributed by atoms with Crippen molar-refractivity contribution >= 4 is 35.1 Å². The Morgan fingerprint density at radius 3 is 1.73 bits per heavy atom. The molecule has 0 aliphatic heterocycles. The molecule has 0 spiro atoms. The van der Waals surface area contributed by atoms with Crippen LogP contribution in [0.1, 0.15) is 33.5 Å². The van der Waals surface area contributed by atoms with Gasteiger partial charge in [-0.3, -0.25) is 0 Å². The summed E-state index contributed by atoms with van der Waals surface area (Å²) in [5.41, 5.74) is 7.97. The van der Waals surface area contributed by atoms with Crippen LogP contribution in [0, 0.1) is 5.92 Å². The van der Waals surface area contributed by atoms with Gasteiger partial charge in [0.2, 0.25) is 23.6 Å². The summed E-state index contributed by atoms with van der Waals surface area (Å²) < 4.78 is 0. The molecule has 0 amide bonds. The quantitative estimate of drug-likeness (QED) is 0.227. The lowest BCUT2D eigenvalue weighted by Gasteiger charge is -2.25. The summed E-state index contributed by atoms with van der Waals surface area (Å²) >= 11 is 0. The van der Waals surface area contributed by atoms with E-state index in [1.165, 1.54) is 0 Å². The average Bonchev–Trinajstić information content (AvgIpc) is 2.84. The number of nitrogens with two attached hydrogens (primary N) is 1. The molecule has 3 rings (SSSR count). The molecule has 1 aromatic heterocycles. The minimum Gasteiger partial charge on any atom is -0.378 e. The molecule has 9 heteroatoms. The van der Waals surface area contributed by atoms with Crippen molar-refractivity contribution in [1.29, 1.82) is 0 Å². The van der Waals surface area contributed by atoms with E-state index in [1.54, 1.807) is 13.8 Å². The lowest BCUT2D eigenvalue weighted by atomic mass is 10.2. The van der Waals surface area contributed by atoms with Crippen molar-refractivity contribution in [2.75, 3.05) is 22.9 Å². The average molecular weight is 448 g/mol. The number of oxime groups is 1. The summed E-state index contributed by atoms with van der Waals surface area (Å²) in [5, 5.41) is 3.77. The van der Waals surface area contributed by atoms with E-state index in [9.17, 15) is 4.79 Å². The Hall–Kier alpha value is -4.01. The molecule has 0 aliphatic rings. The van der Waals surface area contributed by atoms with E-state index in [0.29, 0.717) is 25.0 Å². The van der Waals surface area contributed by atoms with E-state index < -0.39 is 5.97 Å². The molecule has 172 valence electrons. The minimum atomic E-state index is -0.494. The number of carbonyl (C=O) groups excluding carboxylic acids is 1. The summed E-state index contributed by atoms with van der Waals surface area (Å²) in [4.78, 5) is 34.5. The Balaban J connectivity index is 2.11. The van der Waals surface area contributed by atoms with Crippen LogP contribution in [-0.2, 0) is 9.63 Å². The lowest BCUT2D eigenvalue weighted by molar-refractivity contribution is -0.147. The summed E-state index contributed by atoms with van der Waals surface area (Å²) in [7, 11) is 0. The largest absolute Gasteiger partial charge is 0.378 e. The lowest BCUT2D eigenvalue weighted by Crippen LogP contribution is -2.27. The van der Waals surface area contributed by atoms with Gasteiger partial charge in [0.1, 0.15) is 0 Å². The summed E-state index contributed by atoms with van der Waals surface area (Å²) in [6.07, 6.45) is 0. The number of nitrogens with zero attached hydrogens (tertiary/aromatic N) is 6. The van der Waals surface area contributed by atoms with Crippen LogP contribution in [0.25, 0.3) is 0 Å². The number of hydrogen-bond acceptors (Lipinski definition) is 8. The van der Waals surface area contributed by atoms with Crippen LogP contribution < -0.4 is 15.5 Å². The van der Waals surface area contributed by atoms with Crippen LogP contribution in [0.3, 0.4) is 0 Å². The predicted molar refractivity (Wildman–Crippen MR) is 130 cm³/mol. The molecule has 2 aromatic carbocycles. The van der Waals surface area contributed by atoms with E-state index in [1.807, 2.05) is 84.3 Å². The predicted octanol–water partition coefficient (Wildman–Crippen LogP) is 4.01. The Morgan fingerprint density at radius 1 is 0.879 bits per heavy atom. The highest BCUT2D eigenvalue weighted by Crippen LogP contribution is 2.26. The number of carbonyl (C=O) groups is 1. The molecule has 0 aliphatic carbocycles. The van der Waals surface area contributed by atoms with Crippen molar-refractivity contribution in [1.82, 2.24) is 15.0 Å². The third kappa shape index (κ3) is 5.82. The van der Waals surface area contributed by atoms with E-state index >= 15 is 0 Å². The van der Waals surface area contributed by atoms with Crippen molar-refractivity contribution < 1.29 is 9.63 Å². The molecule has 0 atom stereocenters. The fourth-order valence-corrected chi connectivity index (χ4v) is 3.05. The maximum Gasteiger partial charge on any atom is 0.337 e. The second-order valence-corrected chi connectivity index (χ2v) is 7.46. The van der Waals surface area contributed by atoms with E-state index in [-0.39, 0.29) is 17.6 Å². The number of hydrogen-bond donors (Lipinski definition) is 1. The van der Waals surface area contributed by atoms with Gasteiger partial charge in [0.15, 0.2) is 0 Å². The zero-order valence-electron chi connectivity index (χ0n) is 19.3. The van der Waals surface area contributed by atoms with Gasteiger partial charge < -0.3 is 20.4 Å². The number of rotatable bonds is 9. The van der Waals surface area contributed by atoms with Gasteiger partial charge in [0, 0.05) is 24.5 Å². The molecular formula is C24H29N7O2. The van der Waals surface area contributed by atoms with Crippen LogP contribution in [0.5, 0.6) is 0 Å². The van der Waals surface area contributed by atoms with Crippen molar-refractivity contribution in [3.63, 3.8) is 0 Å². The van der Waals surface area contributed by atoms with Gasteiger partial charge in [-0.15, -0.1) is 0 Å². The van der Waals surface area contributed by atoms with Gasteiger partial charge in [0.05, 0.1) is 5.92 Å². The Morgan fingerprint density at radius 2 is 1.33 bits per heavy atom. The van der Waals surface area contributed by atoms with Crippen LogP contribution >= 0.6 is 0 Å². The number of para-hydroxylation sites is 2. The molecule has 0 unspecified atom stereocenters. The first-order chi connectivity index (χ1) is 15.9. The third-order valence-electron chi connectivity index (χ3n) is 4.80. The Labute approximate surface area is 193 Å². The molecule has 0 saturated heterocycles. The fourth-order valence-electron chi connectivity index (χ4n) is 3.05. The van der Waals surface area contributed by atoms with E-state index in [2.05, 4.69) is 15.1 Å². The smallest absolute Gasteiger partial charge is 0.337 e. The molecule has 3 aromatic rings. The second kappa shape index (κ2) is 11.0. The van der Waals surface area contributed by atoms with Crippen molar-refractivity contribution in [2.45, 2.75) is 27.7 Å². The van der Waals surface area contributed by atoms with Crippen molar-refractivity contribution in [3.8, 4) is 0 Å². The first-order valence-corrected chi connectivity index (χ1v) is 10.9. The number of amidine groups is 1. The second-order valence-electron chi connectivity index (χ2n) is 7.46. The maximum absolute atomic E-state index is 11.8. The Kier molecular flexibility index (Phi) is 7.91. The van der Waals surface area contributed by atoms with Crippen LogP contribution in [0.2, 0.25) is 0 Å². The van der Waals surface area contributed by atoms with Gasteiger partial charge in [-0.1, -0.05) is 55.4 Å². The van der Waals surface area contributed by atoms with Gasteiger partial charge in [-0.25, -0.2) is 4.79 Å². The highest BCUT2D eigenvalue weighted by molar-refractivity contribution is 5.94. The van der Waals surface area contributed by atoms with Crippen LogP contribution in [0.15, 0.2) is 65.8 Å². The van der Waals surface area contributed by atoms with E-state index in [4.69, 9.17) is 15.6 Å². The van der Waals surface area contributed by atoms with Crippen LogP contribution in [0.4, 0.5) is 23.3 Å². The van der Waals surface area contributed by atoms with Gasteiger partial charge >= 0.3 is 5.97 Å². The van der Waals surface area contributed by atoms with Crippen LogP contribution in [-0.4, -0.2) is 39.8 Å². The van der Waals surface area contributed by atoms with Crippen molar-refractivity contribution in [3.05, 3.63) is 66.5 Å². The molecule has 2 N–H and O–H groups in total. The number of anilines is 4. The molecule has 9 nitrogen and oxygen atoms in total. The highest BCUT2D eigenvalue weighted by atomic mass is 16.7. The highest BCUT2D eigenvalue weighted by Gasteiger charge is 2.20. The van der Waals surface area contributed by atoms with Gasteiger partial charge in [0.25, 0.3) is 0 Å². The third-order valence-corrected chi connectivity index (χ3v) is 4.80. The number of benzene rings is 2. The molecule has 0 saturated carbocycles. The molecule has 1 heterocycles.